The lowest BCUT2D eigenvalue weighted by Gasteiger charge is -2.03. The molecule has 16 heavy (non-hydrogen) atoms. The topological polar surface area (TPSA) is 29.1 Å². The van der Waals surface area contributed by atoms with Gasteiger partial charge in [-0.25, -0.2) is 0 Å². The van der Waals surface area contributed by atoms with Crippen LogP contribution in [-0.4, -0.2) is 12.5 Å². The molecule has 0 aromatic heterocycles. The zero-order chi connectivity index (χ0) is 11.8. The Kier molecular flexibility index (Phi) is 5.65. The second-order valence-electron chi connectivity index (χ2n) is 3.63. The van der Waals surface area contributed by atoms with Crippen LogP contribution in [0.1, 0.15) is 18.4 Å². The zero-order valence-corrected chi connectivity index (χ0v) is 9.96. The van der Waals surface area contributed by atoms with E-state index < -0.39 is 0 Å². The first-order valence-corrected chi connectivity index (χ1v) is 5.70. The molecule has 0 unspecified atom stereocenters. The van der Waals surface area contributed by atoms with E-state index in [0.29, 0.717) is 18.0 Å². The van der Waals surface area contributed by atoms with Crippen LogP contribution in [0, 0.1) is 0 Å². The molecule has 0 heterocycles. The first-order chi connectivity index (χ1) is 7.68. The van der Waals surface area contributed by atoms with Gasteiger partial charge in [-0.15, -0.1) is 0 Å². The third-order valence-electron chi connectivity index (χ3n) is 2.19. The van der Waals surface area contributed by atoms with Crippen LogP contribution in [0.3, 0.4) is 0 Å². The van der Waals surface area contributed by atoms with Crippen LogP contribution in [0.4, 0.5) is 0 Å². The molecule has 3 heteroatoms. The predicted molar refractivity (Wildman–Crippen MR) is 67.4 cm³/mol. The van der Waals surface area contributed by atoms with Crippen molar-refractivity contribution < 1.29 is 4.79 Å². The molecule has 0 spiro atoms. The predicted octanol–water partition coefficient (Wildman–Crippen LogP) is 2.88. The molecule has 0 aliphatic rings. The van der Waals surface area contributed by atoms with Crippen LogP contribution >= 0.6 is 11.6 Å². The second kappa shape index (κ2) is 7.07. The molecule has 1 amide bonds. The van der Waals surface area contributed by atoms with Gasteiger partial charge < -0.3 is 5.32 Å². The summed E-state index contributed by atoms with van der Waals surface area (Å²) < 4.78 is 0. The molecule has 0 aliphatic heterocycles. The third kappa shape index (κ3) is 5.56. The van der Waals surface area contributed by atoms with Crippen molar-refractivity contribution in [1.82, 2.24) is 5.32 Å². The van der Waals surface area contributed by atoms with Gasteiger partial charge in [0.1, 0.15) is 0 Å². The molecule has 86 valence electrons. The molecular weight excluding hydrogens is 222 g/mol. The Labute approximate surface area is 101 Å². The Hall–Kier alpha value is -1.28. The monoisotopic (exact) mass is 237 g/mol. The third-order valence-corrected chi connectivity index (χ3v) is 2.32. The van der Waals surface area contributed by atoms with E-state index in [4.69, 9.17) is 11.6 Å². The van der Waals surface area contributed by atoms with Gasteiger partial charge in [0.15, 0.2) is 0 Å². The summed E-state index contributed by atoms with van der Waals surface area (Å²) in [6, 6.07) is 10.1. The molecule has 2 nitrogen and oxygen atoms in total. The Bertz CT molecular complexity index is 348. The van der Waals surface area contributed by atoms with Crippen LogP contribution in [0.25, 0.3) is 0 Å². The molecule has 0 aliphatic carbocycles. The summed E-state index contributed by atoms with van der Waals surface area (Å²) in [4.78, 5) is 11.3. The maximum absolute atomic E-state index is 11.3. The van der Waals surface area contributed by atoms with E-state index in [0.717, 1.165) is 12.8 Å². The van der Waals surface area contributed by atoms with Gasteiger partial charge in [0.05, 0.1) is 6.54 Å². The van der Waals surface area contributed by atoms with E-state index in [9.17, 15) is 4.79 Å². The summed E-state index contributed by atoms with van der Waals surface area (Å²) in [5, 5.41) is 3.15. The number of nitrogens with one attached hydrogen (secondary N) is 1. The molecular formula is C13H16ClNO. The van der Waals surface area contributed by atoms with Crippen molar-refractivity contribution >= 4 is 17.5 Å². The van der Waals surface area contributed by atoms with E-state index in [-0.39, 0.29) is 5.91 Å². The lowest BCUT2D eigenvalue weighted by molar-refractivity contribution is -0.120. The minimum atomic E-state index is 0.0257. The number of benzene rings is 1. The average Bonchev–Trinajstić information content (AvgIpc) is 2.28. The van der Waals surface area contributed by atoms with E-state index in [1.807, 2.05) is 18.2 Å². The Balaban J connectivity index is 2.16. The van der Waals surface area contributed by atoms with Crippen LogP contribution in [0.15, 0.2) is 41.9 Å². The summed E-state index contributed by atoms with van der Waals surface area (Å²) >= 11 is 5.54. The number of aryl methyl sites for hydroxylation is 1. The molecule has 1 aromatic rings. The van der Waals surface area contributed by atoms with Crippen molar-refractivity contribution in [1.29, 1.82) is 0 Å². The van der Waals surface area contributed by atoms with Crippen LogP contribution in [0.5, 0.6) is 0 Å². The molecule has 0 saturated carbocycles. The zero-order valence-electron chi connectivity index (χ0n) is 9.21. The first-order valence-electron chi connectivity index (χ1n) is 5.32. The number of carbonyl (C=O) groups excluding carboxylic acids is 1. The van der Waals surface area contributed by atoms with Gasteiger partial charge in [-0.1, -0.05) is 48.5 Å². The molecule has 0 radical (unpaired) electrons. The minimum Gasteiger partial charge on any atom is -0.351 e. The largest absolute Gasteiger partial charge is 0.351 e. The lowest BCUT2D eigenvalue weighted by atomic mass is 10.1. The number of hydrogen-bond donors (Lipinski definition) is 1. The van der Waals surface area contributed by atoms with Crippen molar-refractivity contribution in [3.63, 3.8) is 0 Å². The molecule has 0 fully saturated rings. The van der Waals surface area contributed by atoms with Crippen molar-refractivity contribution in [2.24, 2.45) is 0 Å². The molecule has 1 N–H and O–H groups in total. The van der Waals surface area contributed by atoms with Crippen molar-refractivity contribution in [2.45, 2.75) is 19.3 Å². The Morgan fingerprint density at radius 3 is 2.62 bits per heavy atom. The SMILES string of the molecule is C=C(Cl)CNC(=O)CCCc1ccccc1. The first kappa shape index (κ1) is 12.8. The van der Waals surface area contributed by atoms with Crippen molar-refractivity contribution in [3.05, 3.63) is 47.5 Å². The number of amides is 1. The van der Waals surface area contributed by atoms with Gasteiger partial charge in [-0.05, 0) is 18.4 Å². The summed E-state index contributed by atoms with van der Waals surface area (Å²) in [5.74, 6) is 0.0257. The highest BCUT2D eigenvalue weighted by Gasteiger charge is 2.01. The standard InChI is InChI=1S/C13H16ClNO/c1-11(14)10-15-13(16)9-5-8-12-6-3-2-4-7-12/h2-4,6-7H,1,5,8-10H2,(H,15,16). The fraction of sp³-hybridized carbons (Fsp3) is 0.308. The quantitative estimate of drug-likeness (QED) is 0.810. The van der Waals surface area contributed by atoms with Gasteiger partial charge in [-0.3, -0.25) is 4.79 Å². The van der Waals surface area contributed by atoms with Gasteiger partial charge >= 0.3 is 0 Å². The normalized spacial score (nSPS) is 9.81. The van der Waals surface area contributed by atoms with Gasteiger partial charge in [-0.2, -0.15) is 0 Å². The average molecular weight is 238 g/mol. The summed E-state index contributed by atoms with van der Waals surface area (Å²) in [6.07, 6.45) is 2.31. The van der Waals surface area contributed by atoms with Crippen LogP contribution in [-0.2, 0) is 11.2 Å². The molecule has 1 rings (SSSR count). The van der Waals surface area contributed by atoms with Gasteiger partial charge in [0, 0.05) is 11.5 Å². The fourth-order valence-electron chi connectivity index (χ4n) is 1.38. The maximum Gasteiger partial charge on any atom is 0.220 e. The Morgan fingerprint density at radius 1 is 1.31 bits per heavy atom. The fourth-order valence-corrected chi connectivity index (χ4v) is 1.45. The molecule has 0 saturated heterocycles. The van der Waals surface area contributed by atoms with E-state index in [2.05, 4.69) is 24.0 Å². The molecule has 0 atom stereocenters. The Morgan fingerprint density at radius 2 is 2.00 bits per heavy atom. The van der Waals surface area contributed by atoms with E-state index in [1.54, 1.807) is 0 Å². The molecule has 1 aromatic carbocycles. The highest BCUT2D eigenvalue weighted by atomic mass is 35.5. The van der Waals surface area contributed by atoms with Crippen LogP contribution in [0.2, 0.25) is 0 Å². The number of hydrogen-bond acceptors (Lipinski definition) is 1. The number of carbonyl (C=O) groups is 1. The van der Waals surface area contributed by atoms with E-state index in [1.165, 1.54) is 5.56 Å². The molecule has 0 bridgehead atoms. The van der Waals surface area contributed by atoms with Gasteiger partial charge in [0.2, 0.25) is 5.91 Å². The second-order valence-corrected chi connectivity index (χ2v) is 4.17. The van der Waals surface area contributed by atoms with Crippen molar-refractivity contribution in [2.75, 3.05) is 6.54 Å². The van der Waals surface area contributed by atoms with E-state index >= 15 is 0 Å². The van der Waals surface area contributed by atoms with Crippen molar-refractivity contribution in [3.8, 4) is 0 Å². The maximum atomic E-state index is 11.3. The van der Waals surface area contributed by atoms with Crippen LogP contribution < -0.4 is 5.32 Å². The lowest BCUT2D eigenvalue weighted by Crippen LogP contribution is -2.24. The highest BCUT2D eigenvalue weighted by molar-refractivity contribution is 6.29. The summed E-state index contributed by atoms with van der Waals surface area (Å²) in [5.41, 5.74) is 1.26. The number of halogens is 1. The summed E-state index contributed by atoms with van der Waals surface area (Å²) in [7, 11) is 0. The summed E-state index contributed by atoms with van der Waals surface area (Å²) in [6.45, 7) is 3.86. The van der Waals surface area contributed by atoms with Gasteiger partial charge in [0.25, 0.3) is 0 Å². The minimum absolute atomic E-state index is 0.0257. The highest BCUT2D eigenvalue weighted by Crippen LogP contribution is 2.04. The number of rotatable bonds is 6. The smallest absolute Gasteiger partial charge is 0.220 e.